The first-order chi connectivity index (χ1) is 9.43. The maximum atomic E-state index is 11.3. The smallest absolute Gasteiger partial charge is 0.303 e. The van der Waals surface area contributed by atoms with Crippen LogP contribution in [0.1, 0.15) is 33.4 Å². The van der Waals surface area contributed by atoms with E-state index in [0.717, 1.165) is 6.42 Å². The van der Waals surface area contributed by atoms with E-state index < -0.39 is 12.3 Å². The summed E-state index contributed by atoms with van der Waals surface area (Å²) in [4.78, 5) is 25.1. The number of aromatic nitrogens is 2. The molecule has 1 unspecified atom stereocenters. The molecule has 1 fully saturated rings. The van der Waals surface area contributed by atoms with E-state index in [-0.39, 0.29) is 28.3 Å². The second kappa shape index (κ2) is 5.88. The standard InChI is InChI=1S/C13H18N2O4S/c1-4-9-7(2)11(18-8(3)16)12(19-9)15-6-5-10(17)14-13(15)20/h5-7,9,11-12H,4H2,1-3H3,(H,14,17,20)/t7?,9-,11+,12-/m1/s1. The van der Waals surface area contributed by atoms with Crippen molar-refractivity contribution in [3.8, 4) is 0 Å². The highest BCUT2D eigenvalue weighted by atomic mass is 32.1. The molecule has 1 aromatic heterocycles. The lowest BCUT2D eigenvalue weighted by Gasteiger charge is -2.22. The minimum Gasteiger partial charge on any atom is -0.457 e. The highest BCUT2D eigenvalue weighted by Gasteiger charge is 2.44. The summed E-state index contributed by atoms with van der Waals surface area (Å²) in [5.41, 5.74) is -0.270. The summed E-state index contributed by atoms with van der Waals surface area (Å²) >= 11 is 5.14. The topological polar surface area (TPSA) is 73.3 Å². The fourth-order valence-corrected chi connectivity index (χ4v) is 2.79. The van der Waals surface area contributed by atoms with Gasteiger partial charge in [-0.05, 0) is 18.6 Å². The summed E-state index contributed by atoms with van der Waals surface area (Å²) in [5.74, 6) is -0.300. The molecule has 0 aromatic carbocycles. The van der Waals surface area contributed by atoms with Crippen molar-refractivity contribution in [3.05, 3.63) is 27.4 Å². The second-order valence-corrected chi connectivity index (χ2v) is 5.31. The predicted molar refractivity (Wildman–Crippen MR) is 74.8 cm³/mol. The van der Waals surface area contributed by atoms with E-state index in [1.807, 2.05) is 13.8 Å². The van der Waals surface area contributed by atoms with Crippen LogP contribution in [-0.4, -0.2) is 27.7 Å². The molecule has 6 nitrogen and oxygen atoms in total. The van der Waals surface area contributed by atoms with Gasteiger partial charge in [-0.1, -0.05) is 13.8 Å². The third-order valence-corrected chi connectivity index (χ3v) is 3.84. The van der Waals surface area contributed by atoms with Crippen LogP contribution in [0.5, 0.6) is 0 Å². The number of rotatable bonds is 3. The van der Waals surface area contributed by atoms with Crippen LogP contribution >= 0.6 is 12.2 Å². The van der Waals surface area contributed by atoms with Gasteiger partial charge in [-0.15, -0.1) is 0 Å². The number of ether oxygens (including phenoxy) is 2. The number of H-pyrrole nitrogens is 1. The lowest BCUT2D eigenvalue weighted by atomic mass is 9.98. The molecule has 0 spiro atoms. The van der Waals surface area contributed by atoms with Crippen molar-refractivity contribution in [2.75, 3.05) is 0 Å². The van der Waals surface area contributed by atoms with Crippen molar-refractivity contribution in [2.45, 2.75) is 45.6 Å². The second-order valence-electron chi connectivity index (χ2n) is 4.92. The van der Waals surface area contributed by atoms with Crippen LogP contribution in [0.15, 0.2) is 17.1 Å². The Balaban J connectivity index is 2.39. The largest absolute Gasteiger partial charge is 0.457 e. The van der Waals surface area contributed by atoms with Gasteiger partial charge in [0.2, 0.25) is 0 Å². The SMILES string of the molecule is CC[C@H]1O[C@@H](n2ccc(=O)[nH]c2=S)[C@@H](OC(C)=O)C1C. The normalized spacial score (nSPS) is 29.4. The van der Waals surface area contributed by atoms with Crippen molar-refractivity contribution in [3.63, 3.8) is 0 Å². The van der Waals surface area contributed by atoms with E-state index in [9.17, 15) is 9.59 Å². The summed E-state index contributed by atoms with van der Waals surface area (Å²) in [6.45, 7) is 5.37. The molecule has 1 N–H and O–H groups in total. The Kier molecular flexibility index (Phi) is 4.39. The monoisotopic (exact) mass is 298 g/mol. The van der Waals surface area contributed by atoms with Gasteiger partial charge in [0.05, 0.1) is 6.10 Å². The summed E-state index contributed by atoms with van der Waals surface area (Å²) in [7, 11) is 0. The Morgan fingerprint density at radius 1 is 1.60 bits per heavy atom. The third kappa shape index (κ3) is 2.83. The Hall–Kier alpha value is -1.47. The first kappa shape index (κ1) is 14.9. The lowest BCUT2D eigenvalue weighted by molar-refractivity contribution is -0.153. The summed E-state index contributed by atoms with van der Waals surface area (Å²) in [6.07, 6.45) is 1.43. The average molecular weight is 298 g/mol. The van der Waals surface area contributed by atoms with Gasteiger partial charge >= 0.3 is 5.97 Å². The molecule has 2 heterocycles. The van der Waals surface area contributed by atoms with Crippen molar-refractivity contribution in [1.82, 2.24) is 9.55 Å². The van der Waals surface area contributed by atoms with Crippen LogP contribution in [0.4, 0.5) is 0 Å². The summed E-state index contributed by atoms with van der Waals surface area (Å²) < 4.78 is 13.2. The van der Waals surface area contributed by atoms with Gasteiger partial charge in [0.1, 0.15) is 0 Å². The number of hydrogen-bond donors (Lipinski definition) is 1. The molecule has 0 aliphatic carbocycles. The molecule has 0 radical (unpaired) electrons. The van der Waals surface area contributed by atoms with Gasteiger partial charge in [0.25, 0.3) is 5.56 Å². The molecule has 0 amide bonds. The molecule has 0 bridgehead atoms. The molecule has 1 aliphatic heterocycles. The lowest BCUT2D eigenvalue weighted by Crippen LogP contribution is -2.30. The number of aromatic amines is 1. The van der Waals surface area contributed by atoms with Crippen LogP contribution in [0.25, 0.3) is 0 Å². The molecule has 2 rings (SSSR count). The first-order valence-electron chi connectivity index (χ1n) is 6.58. The van der Waals surface area contributed by atoms with Crippen LogP contribution in [0.3, 0.4) is 0 Å². The van der Waals surface area contributed by atoms with Crippen molar-refractivity contribution in [2.24, 2.45) is 5.92 Å². The van der Waals surface area contributed by atoms with Crippen LogP contribution in [0, 0.1) is 10.7 Å². The van der Waals surface area contributed by atoms with E-state index in [4.69, 9.17) is 21.7 Å². The number of nitrogens with one attached hydrogen (secondary N) is 1. The van der Waals surface area contributed by atoms with Crippen LogP contribution in [0.2, 0.25) is 0 Å². The molecule has 1 saturated heterocycles. The molecule has 1 aromatic rings. The van der Waals surface area contributed by atoms with E-state index in [2.05, 4.69) is 4.98 Å². The quantitative estimate of drug-likeness (QED) is 0.680. The average Bonchev–Trinajstić information content (AvgIpc) is 2.66. The first-order valence-corrected chi connectivity index (χ1v) is 6.99. The Morgan fingerprint density at radius 3 is 2.85 bits per heavy atom. The highest BCUT2D eigenvalue weighted by Crippen LogP contribution is 2.37. The zero-order valence-corrected chi connectivity index (χ0v) is 12.5. The van der Waals surface area contributed by atoms with Crippen molar-refractivity contribution in [1.29, 1.82) is 0 Å². The molecule has 0 saturated carbocycles. The number of carbonyl (C=O) groups is 1. The third-order valence-electron chi connectivity index (χ3n) is 3.53. The number of hydrogen-bond acceptors (Lipinski definition) is 5. The van der Waals surface area contributed by atoms with Gasteiger partial charge in [-0.2, -0.15) is 0 Å². The Bertz CT molecular complexity index is 609. The minimum atomic E-state index is -0.511. The Morgan fingerprint density at radius 2 is 2.30 bits per heavy atom. The molecular formula is C13H18N2O4S. The highest BCUT2D eigenvalue weighted by molar-refractivity contribution is 7.71. The number of carbonyl (C=O) groups excluding carboxylic acids is 1. The molecule has 20 heavy (non-hydrogen) atoms. The van der Waals surface area contributed by atoms with Gasteiger partial charge in [-0.25, -0.2) is 0 Å². The fourth-order valence-electron chi connectivity index (χ4n) is 2.53. The molecule has 7 heteroatoms. The maximum absolute atomic E-state index is 11.3. The van der Waals surface area contributed by atoms with Gasteiger partial charge in [0, 0.05) is 25.1 Å². The van der Waals surface area contributed by atoms with Gasteiger partial charge in [0.15, 0.2) is 17.1 Å². The molecular weight excluding hydrogens is 280 g/mol. The zero-order valence-electron chi connectivity index (χ0n) is 11.7. The van der Waals surface area contributed by atoms with E-state index in [1.165, 1.54) is 13.0 Å². The van der Waals surface area contributed by atoms with Crippen molar-refractivity contribution >= 4 is 18.2 Å². The van der Waals surface area contributed by atoms with Crippen molar-refractivity contribution < 1.29 is 14.3 Å². The Labute approximate surface area is 121 Å². The van der Waals surface area contributed by atoms with Gasteiger partial charge in [-0.3, -0.25) is 19.1 Å². The molecule has 4 atom stereocenters. The van der Waals surface area contributed by atoms with Crippen LogP contribution in [-0.2, 0) is 14.3 Å². The van der Waals surface area contributed by atoms with Crippen LogP contribution < -0.4 is 5.56 Å². The van der Waals surface area contributed by atoms with E-state index in [0.29, 0.717) is 0 Å². The zero-order chi connectivity index (χ0) is 14.9. The predicted octanol–water partition coefficient (Wildman–Crippen LogP) is 1.78. The summed E-state index contributed by atoms with van der Waals surface area (Å²) in [6, 6.07) is 1.37. The van der Waals surface area contributed by atoms with E-state index >= 15 is 0 Å². The minimum absolute atomic E-state index is 0.0156. The number of nitrogens with zero attached hydrogens (tertiary/aromatic N) is 1. The summed E-state index contributed by atoms with van der Waals surface area (Å²) in [5, 5.41) is 0. The molecule has 1 aliphatic rings. The number of esters is 1. The maximum Gasteiger partial charge on any atom is 0.303 e. The fraction of sp³-hybridized carbons (Fsp3) is 0.615. The molecule has 110 valence electrons. The van der Waals surface area contributed by atoms with E-state index in [1.54, 1.807) is 10.8 Å². The van der Waals surface area contributed by atoms with Gasteiger partial charge < -0.3 is 9.47 Å².